The lowest BCUT2D eigenvalue weighted by Gasteiger charge is -2.27. The van der Waals surface area contributed by atoms with Gasteiger partial charge < -0.3 is 9.32 Å². The largest absolute Gasteiger partial charge is 0.455 e. The van der Waals surface area contributed by atoms with Gasteiger partial charge in [-0.05, 0) is 98.2 Å². The summed E-state index contributed by atoms with van der Waals surface area (Å²) in [7, 11) is 0. The van der Waals surface area contributed by atoms with Crippen molar-refractivity contribution in [2.24, 2.45) is 0 Å². The van der Waals surface area contributed by atoms with Crippen LogP contribution in [0.25, 0.3) is 96.7 Å². The summed E-state index contributed by atoms with van der Waals surface area (Å²) in [5.41, 5.74) is 9.85. The molecule has 10 aromatic carbocycles. The number of nitrogens with zero attached hydrogens (tertiary/aromatic N) is 1. The van der Waals surface area contributed by atoms with E-state index >= 15 is 0 Å². The second kappa shape index (κ2) is 12.7. The van der Waals surface area contributed by atoms with Gasteiger partial charge in [-0.2, -0.15) is 0 Å². The zero-order valence-corrected chi connectivity index (χ0v) is 31.6. The number of para-hydroxylation sites is 1. The molecule has 0 saturated carbocycles. The number of hydrogen-bond donors (Lipinski definition) is 0. The maximum Gasteiger partial charge on any atom is 0.143 e. The molecule has 2 heterocycles. The fourth-order valence-corrected chi connectivity index (χ4v) is 10.1. The van der Waals surface area contributed by atoms with Crippen LogP contribution in [0.4, 0.5) is 17.1 Å². The van der Waals surface area contributed by atoms with Crippen LogP contribution in [0.2, 0.25) is 0 Å². The summed E-state index contributed by atoms with van der Waals surface area (Å²) in [4.78, 5) is 2.42. The molecule has 0 N–H and O–H groups in total. The molecule has 0 amide bonds. The molecule has 12 aromatic rings. The van der Waals surface area contributed by atoms with Gasteiger partial charge in [0.1, 0.15) is 11.2 Å². The van der Waals surface area contributed by atoms with Crippen LogP contribution < -0.4 is 4.90 Å². The Balaban J connectivity index is 1.01. The Labute approximate surface area is 333 Å². The van der Waals surface area contributed by atoms with Gasteiger partial charge in [0.2, 0.25) is 0 Å². The molecule has 3 heteroatoms. The van der Waals surface area contributed by atoms with E-state index in [-0.39, 0.29) is 0 Å². The minimum Gasteiger partial charge on any atom is -0.455 e. The van der Waals surface area contributed by atoms with E-state index in [4.69, 9.17) is 4.42 Å². The molecule has 0 fully saturated rings. The standard InChI is InChI=1S/C54H33NOS/c1-4-14-41-34(11-1)27-32-46-45-19-9-18-42(53(45)56-54(41)46)35-23-28-38(29-24-35)55(49-20-10-22-51-52(49)47-17-7-8-21-50(47)57-51)39-30-25-36(26-31-39)48-33-37-12-2-3-13-40(37)43-15-5-6-16-44(43)48/h1-33H. The minimum atomic E-state index is 0.916. The SMILES string of the molecule is c1ccc2c(c1)cc(-c1ccc(N(c3ccc(-c4cccc5c4oc4c6ccccc6ccc54)cc3)c3cccc4sc5ccccc5c34)cc1)c1ccccc12. The zero-order valence-electron chi connectivity index (χ0n) is 30.8. The number of anilines is 3. The second-order valence-corrected chi connectivity index (χ2v) is 15.9. The average molecular weight is 744 g/mol. The molecule has 0 saturated heterocycles. The van der Waals surface area contributed by atoms with Crippen molar-refractivity contribution in [1.29, 1.82) is 0 Å². The van der Waals surface area contributed by atoms with Crippen LogP contribution in [0, 0.1) is 0 Å². The Morgan fingerprint density at radius 2 is 0.930 bits per heavy atom. The first-order valence-corrected chi connectivity index (χ1v) is 20.2. The Hall–Kier alpha value is -7.20. The second-order valence-electron chi connectivity index (χ2n) is 14.8. The molecule has 0 atom stereocenters. The summed E-state index contributed by atoms with van der Waals surface area (Å²) in [5.74, 6) is 0. The van der Waals surface area contributed by atoms with Crippen molar-refractivity contribution < 1.29 is 4.42 Å². The van der Waals surface area contributed by atoms with Gasteiger partial charge in [-0.1, -0.05) is 146 Å². The number of furan rings is 1. The first-order chi connectivity index (χ1) is 28.3. The number of thiophene rings is 1. The third kappa shape index (κ3) is 5.03. The summed E-state index contributed by atoms with van der Waals surface area (Å²) in [6, 6.07) is 72.7. The molecule has 0 bridgehead atoms. The number of fused-ring (bicyclic) bond motifs is 11. The molecule has 266 valence electrons. The van der Waals surface area contributed by atoms with Gasteiger partial charge in [0.05, 0.1) is 5.69 Å². The Morgan fingerprint density at radius 1 is 0.351 bits per heavy atom. The normalized spacial score (nSPS) is 11.9. The molecule has 2 aromatic heterocycles. The Bertz CT molecular complexity index is 3520. The number of hydrogen-bond acceptors (Lipinski definition) is 3. The third-order valence-corrected chi connectivity index (χ3v) is 12.8. The number of rotatable bonds is 5. The molecule has 0 spiro atoms. The molecule has 0 aliphatic rings. The maximum atomic E-state index is 6.74. The lowest BCUT2D eigenvalue weighted by Crippen LogP contribution is -2.10. The van der Waals surface area contributed by atoms with Crippen molar-refractivity contribution in [3.05, 3.63) is 200 Å². The predicted octanol–water partition coefficient (Wildman–Crippen LogP) is 16.2. The molecule has 12 rings (SSSR count). The fourth-order valence-electron chi connectivity index (χ4n) is 9.00. The lowest BCUT2D eigenvalue weighted by molar-refractivity contribution is 0.674. The van der Waals surface area contributed by atoms with Crippen molar-refractivity contribution in [3.8, 4) is 22.3 Å². The van der Waals surface area contributed by atoms with Gasteiger partial charge in [-0.3, -0.25) is 0 Å². The smallest absolute Gasteiger partial charge is 0.143 e. The molecule has 2 nitrogen and oxygen atoms in total. The van der Waals surface area contributed by atoms with Crippen LogP contribution in [0.1, 0.15) is 0 Å². The van der Waals surface area contributed by atoms with Crippen molar-refractivity contribution in [2.45, 2.75) is 0 Å². The van der Waals surface area contributed by atoms with Gasteiger partial charge in [-0.15, -0.1) is 11.3 Å². The molecular formula is C54H33NOS. The van der Waals surface area contributed by atoms with Gasteiger partial charge in [-0.25, -0.2) is 0 Å². The lowest BCUT2D eigenvalue weighted by atomic mass is 9.93. The van der Waals surface area contributed by atoms with Crippen LogP contribution in [-0.4, -0.2) is 0 Å². The third-order valence-electron chi connectivity index (χ3n) is 11.7. The predicted molar refractivity (Wildman–Crippen MR) is 245 cm³/mol. The highest BCUT2D eigenvalue weighted by atomic mass is 32.1. The highest BCUT2D eigenvalue weighted by Gasteiger charge is 2.20. The first-order valence-electron chi connectivity index (χ1n) is 19.4. The summed E-state index contributed by atoms with van der Waals surface area (Å²) >= 11 is 1.85. The molecule has 57 heavy (non-hydrogen) atoms. The van der Waals surface area contributed by atoms with Crippen LogP contribution in [0.3, 0.4) is 0 Å². The number of benzene rings is 10. The van der Waals surface area contributed by atoms with E-state index in [0.29, 0.717) is 0 Å². The summed E-state index contributed by atoms with van der Waals surface area (Å²) in [5, 5.41) is 12.2. The highest BCUT2D eigenvalue weighted by molar-refractivity contribution is 7.26. The molecule has 0 aliphatic carbocycles. The van der Waals surface area contributed by atoms with Crippen molar-refractivity contribution in [1.82, 2.24) is 0 Å². The van der Waals surface area contributed by atoms with Gasteiger partial charge in [0.25, 0.3) is 0 Å². The molecule has 0 unspecified atom stereocenters. The highest BCUT2D eigenvalue weighted by Crippen LogP contribution is 2.46. The molecular weight excluding hydrogens is 711 g/mol. The summed E-state index contributed by atoms with van der Waals surface area (Å²) in [6.07, 6.45) is 0. The van der Waals surface area contributed by atoms with Gasteiger partial charge >= 0.3 is 0 Å². The van der Waals surface area contributed by atoms with Gasteiger partial charge in [0.15, 0.2) is 0 Å². The Kier molecular flexibility index (Phi) is 7.13. The van der Waals surface area contributed by atoms with Gasteiger partial charge in [0, 0.05) is 53.3 Å². The van der Waals surface area contributed by atoms with Crippen LogP contribution >= 0.6 is 11.3 Å². The topological polar surface area (TPSA) is 16.4 Å². The maximum absolute atomic E-state index is 6.74. The van der Waals surface area contributed by atoms with Crippen molar-refractivity contribution in [3.63, 3.8) is 0 Å². The summed E-state index contributed by atoms with van der Waals surface area (Å²) in [6.45, 7) is 0. The van der Waals surface area contributed by atoms with E-state index in [1.807, 2.05) is 11.3 Å². The zero-order chi connectivity index (χ0) is 37.5. The van der Waals surface area contributed by atoms with E-state index in [0.717, 1.165) is 55.5 Å². The Morgan fingerprint density at radius 3 is 1.72 bits per heavy atom. The fraction of sp³-hybridized carbons (Fsp3) is 0. The first kappa shape index (κ1) is 32.1. The van der Waals surface area contributed by atoms with Crippen LogP contribution in [0.15, 0.2) is 205 Å². The average Bonchev–Trinajstić information content (AvgIpc) is 3.86. The van der Waals surface area contributed by atoms with E-state index in [1.165, 1.54) is 58.2 Å². The monoisotopic (exact) mass is 743 g/mol. The van der Waals surface area contributed by atoms with E-state index in [1.54, 1.807) is 0 Å². The molecule has 0 aliphatic heterocycles. The van der Waals surface area contributed by atoms with E-state index in [2.05, 4.69) is 205 Å². The molecule has 0 radical (unpaired) electrons. The van der Waals surface area contributed by atoms with E-state index < -0.39 is 0 Å². The van der Waals surface area contributed by atoms with Crippen molar-refractivity contribution >= 4 is 103 Å². The van der Waals surface area contributed by atoms with Crippen LogP contribution in [-0.2, 0) is 0 Å². The van der Waals surface area contributed by atoms with Crippen LogP contribution in [0.5, 0.6) is 0 Å². The van der Waals surface area contributed by atoms with E-state index in [9.17, 15) is 0 Å². The quantitative estimate of drug-likeness (QED) is 0.163. The minimum absolute atomic E-state index is 0.916. The summed E-state index contributed by atoms with van der Waals surface area (Å²) < 4.78 is 9.31. The van der Waals surface area contributed by atoms with Crippen molar-refractivity contribution in [2.75, 3.05) is 4.90 Å².